The van der Waals surface area contributed by atoms with Gasteiger partial charge in [0.25, 0.3) is 0 Å². The van der Waals surface area contributed by atoms with Crippen LogP contribution in [0, 0.1) is 5.82 Å². The standard InChI is InChI=1S/C16H14Br2ClF/c1-9(2)10-3-5-11(6-4-10)16(18)12-7-14(19)13(17)8-15(12)20/h3-9,16H,1-2H3. The molecule has 0 aliphatic carbocycles. The Labute approximate surface area is 140 Å². The second kappa shape index (κ2) is 6.59. The van der Waals surface area contributed by atoms with Gasteiger partial charge in [-0.05, 0) is 45.1 Å². The first-order chi connectivity index (χ1) is 9.40. The highest BCUT2D eigenvalue weighted by molar-refractivity contribution is 9.10. The largest absolute Gasteiger partial charge is 0.207 e. The molecule has 2 aromatic rings. The van der Waals surface area contributed by atoms with Gasteiger partial charge in [-0.3, -0.25) is 0 Å². The third-order valence-corrected chi connectivity index (χ3v) is 5.43. The van der Waals surface area contributed by atoms with Crippen molar-refractivity contribution in [3.8, 4) is 0 Å². The van der Waals surface area contributed by atoms with Gasteiger partial charge in [0.2, 0.25) is 0 Å². The molecule has 1 unspecified atom stereocenters. The van der Waals surface area contributed by atoms with Gasteiger partial charge in [-0.15, -0.1) is 0 Å². The zero-order valence-electron chi connectivity index (χ0n) is 11.1. The Morgan fingerprint density at radius 1 is 1.05 bits per heavy atom. The topological polar surface area (TPSA) is 0 Å². The summed E-state index contributed by atoms with van der Waals surface area (Å²) in [7, 11) is 0. The minimum Gasteiger partial charge on any atom is -0.207 e. The lowest BCUT2D eigenvalue weighted by molar-refractivity contribution is 0.612. The fourth-order valence-corrected chi connectivity index (χ4v) is 3.11. The maximum absolute atomic E-state index is 14.1. The molecular formula is C16H14Br2ClF. The van der Waals surface area contributed by atoms with Crippen molar-refractivity contribution < 1.29 is 4.39 Å². The number of rotatable bonds is 3. The first kappa shape index (κ1) is 16.0. The summed E-state index contributed by atoms with van der Waals surface area (Å²) in [6.07, 6.45) is 0. The van der Waals surface area contributed by atoms with Crippen LogP contribution in [0.3, 0.4) is 0 Å². The smallest absolute Gasteiger partial charge is 0.129 e. The third kappa shape index (κ3) is 3.44. The lowest BCUT2D eigenvalue weighted by atomic mass is 9.98. The van der Waals surface area contributed by atoms with Gasteiger partial charge in [-0.25, -0.2) is 4.39 Å². The summed E-state index contributed by atoms with van der Waals surface area (Å²) < 4.78 is 14.6. The average Bonchev–Trinajstić information content (AvgIpc) is 2.42. The summed E-state index contributed by atoms with van der Waals surface area (Å²) in [5, 5.41) is 0.504. The second-order valence-corrected chi connectivity index (χ2v) is 7.15. The predicted octanol–water partition coefficient (Wildman–Crippen LogP) is 6.85. The zero-order valence-corrected chi connectivity index (χ0v) is 15.1. The van der Waals surface area contributed by atoms with Crippen molar-refractivity contribution in [2.75, 3.05) is 0 Å². The average molecular weight is 421 g/mol. The lowest BCUT2D eigenvalue weighted by Gasteiger charge is -2.14. The predicted molar refractivity (Wildman–Crippen MR) is 90.4 cm³/mol. The van der Waals surface area contributed by atoms with Crippen molar-refractivity contribution in [3.63, 3.8) is 0 Å². The lowest BCUT2D eigenvalue weighted by Crippen LogP contribution is -1.98. The van der Waals surface area contributed by atoms with Gasteiger partial charge >= 0.3 is 0 Å². The Kier molecular flexibility index (Phi) is 5.27. The monoisotopic (exact) mass is 418 g/mol. The van der Waals surface area contributed by atoms with E-state index < -0.39 is 0 Å². The quantitative estimate of drug-likeness (QED) is 0.376. The van der Waals surface area contributed by atoms with Crippen molar-refractivity contribution in [2.24, 2.45) is 0 Å². The van der Waals surface area contributed by atoms with Crippen LogP contribution in [0.4, 0.5) is 4.39 Å². The van der Waals surface area contributed by atoms with Gasteiger partial charge in [0.15, 0.2) is 0 Å². The van der Waals surface area contributed by atoms with Crippen molar-refractivity contribution in [3.05, 3.63) is 68.4 Å². The summed E-state index contributed by atoms with van der Waals surface area (Å²) >= 11 is 12.8. The number of hydrogen-bond acceptors (Lipinski definition) is 0. The molecule has 0 aliphatic heterocycles. The van der Waals surface area contributed by atoms with Crippen LogP contribution in [0.5, 0.6) is 0 Å². The maximum Gasteiger partial charge on any atom is 0.129 e. The van der Waals surface area contributed by atoms with Gasteiger partial charge in [0.1, 0.15) is 5.82 Å². The van der Waals surface area contributed by atoms with Crippen LogP contribution >= 0.6 is 43.5 Å². The maximum atomic E-state index is 14.1. The van der Waals surface area contributed by atoms with E-state index in [1.54, 1.807) is 6.07 Å². The zero-order chi connectivity index (χ0) is 14.9. The van der Waals surface area contributed by atoms with Crippen LogP contribution in [-0.4, -0.2) is 0 Å². The minimum atomic E-state index is -0.281. The highest BCUT2D eigenvalue weighted by Gasteiger charge is 2.17. The molecule has 0 N–H and O–H groups in total. The highest BCUT2D eigenvalue weighted by atomic mass is 79.9. The van der Waals surface area contributed by atoms with Crippen LogP contribution in [-0.2, 0) is 0 Å². The van der Waals surface area contributed by atoms with E-state index in [0.717, 1.165) is 5.56 Å². The molecule has 0 heterocycles. The molecular weight excluding hydrogens is 406 g/mol. The van der Waals surface area contributed by atoms with Crippen molar-refractivity contribution >= 4 is 43.5 Å². The van der Waals surface area contributed by atoms with Crippen LogP contribution in [0.1, 0.15) is 41.3 Å². The molecule has 106 valence electrons. The number of benzene rings is 2. The fraction of sp³-hybridized carbons (Fsp3) is 0.250. The van der Waals surface area contributed by atoms with Gasteiger partial charge in [0.05, 0.1) is 9.85 Å². The Hall–Kier alpha value is -0.380. The molecule has 0 radical (unpaired) electrons. The molecule has 0 fully saturated rings. The van der Waals surface area contributed by atoms with E-state index in [9.17, 15) is 4.39 Å². The molecule has 0 spiro atoms. The Morgan fingerprint density at radius 2 is 1.60 bits per heavy atom. The minimum absolute atomic E-state index is 0.214. The van der Waals surface area contributed by atoms with Gasteiger partial charge in [-0.2, -0.15) is 0 Å². The Balaban J connectivity index is 2.36. The summed E-state index contributed by atoms with van der Waals surface area (Å²) in [5.41, 5.74) is 2.81. The van der Waals surface area contributed by atoms with Gasteiger partial charge in [-0.1, -0.05) is 65.6 Å². The molecule has 1 atom stereocenters. The van der Waals surface area contributed by atoms with Crippen LogP contribution in [0.25, 0.3) is 0 Å². The van der Waals surface area contributed by atoms with Crippen molar-refractivity contribution in [1.29, 1.82) is 0 Å². The molecule has 0 bridgehead atoms. The molecule has 0 saturated heterocycles. The summed E-state index contributed by atoms with van der Waals surface area (Å²) in [5.74, 6) is 0.202. The molecule has 0 aliphatic rings. The van der Waals surface area contributed by atoms with E-state index in [0.29, 0.717) is 21.0 Å². The van der Waals surface area contributed by atoms with E-state index in [1.807, 2.05) is 12.1 Å². The van der Waals surface area contributed by atoms with E-state index in [-0.39, 0.29) is 10.6 Å². The van der Waals surface area contributed by atoms with E-state index in [4.69, 9.17) is 11.6 Å². The van der Waals surface area contributed by atoms with E-state index >= 15 is 0 Å². The molecule has 2 aromatic carbocycles. The van der Waals surface area contributed by atoms with Gasteiger partial charge < -0.3 is 0 Å². The molecule has 0 nitrogen and oxygen atoms in total. The Bertz CT molecular complexity index is 609. The summed E-state index contributed by atoms with van der Waals surface area (Å²) in [4.78, 5) is -0.214. The molecule has 0 saturated carbocycles. The first-order valence-electron chi connectivity index (χ1n) is 6.28. The molecule has 0 aromatic heterocycles. The van der Waals surface area contributed by atoms with Crippen LogP contribution < -0.4 is 0 Å². The van der Waals surface area contributed by atoms with Gasteiger partial charge in [0, 0.05) is 10.0 Å². The van der Waals surface area contributed by atoms with E-state index in [1.165, 1.54) is 11.6 Å². The number of alkyl halides is 1. The first-order valence-corrected chi connectivity index (χ1v) is 8.37. The summed E-state index contributed by atoms with van der Waals surface area (Å²) in [6, 6.07) is 11.2. The van der Waals surface area contributed by atoms with Crippen molar-refractivity contribution in [2.45, 2.75) is 24.6 Å². The summed E-state index contributed by atoms with van der Waals surface area (Å²) in [6.45, 7) is 4.30. The van der Waals surface area contributed by atoms with Crippen LogP contribution in [0.15, 0.2) is 40.9 Å². The Morgan fingerprint density at radius 3 is 2.15 bits per heavy atom. The third-order valence-electron chi connectivity index (χ3n) is 3.21. The number of hydrogen-bond donors (Lipinski definition) is 0. The van der Waals surface area contributed by atoms with Crippen molar-refractivity contribution in [1.82, 2.24) is 0 Å². The van der Waals surface area contributed by atoms with Crippen LogP contribution in [0.2, 0.25) is 5.02 Å². The molecule has 2 rings (SSSR count). The second-order valence-electron chi connectivity index (χ2n) is 4.97. The fourth-order valence-electron chi connectivity index (χ4n) is 1.96. The highest BCUT2D eigenvalue weighted by Crippen LogP contribution is 2.36. The SMILES string of the molecule is CC(C)c1ccc(C(Br)c2cc(Cl)c(Br)cc2F)cc1. The van der Waals surface area contributed by atoms with E-state index in [2.05, 4.69) is 57.8 Å². The molecule has 4 heteroatoms. The number of halogens is 4. The molecule has 20 heavy (non-hydrogen) atoms. The normalized spacial score (nSPS) is 12.8. The molecule has 0 amide bonds.